The van der Waals surface area contributed by atoms with Gasteiger partial charge in [-0.25, -0.2) is 4.79 Å². The maximum Gasteiger partial charge on any atom is 0.350 e. The van der Waals surface area contributed by atoms with Crippen LogP contribution in [0.25, 0.3) is 0 Å². The van der Waals surface area contributed by atoms with Crippen LogP contribution in [0.15, 0.2) is 40.6 Å². The lowest BCUT2D eigenvalue weighted by Crippen LogP contribution is -2.15. The number of esters is 1. The van der Waals surface area contributed by atoms with Crippen molar-refractivity contribution in [1.82, 2.24) is 0 Å². The number of ether oxygens (including phenoxy) is 1. The second-order valence-corrected chi connectivity index (χ2v) is 5.93. The Morgan fingerprint density at radius 2 is 2.00 bits per heavy atom. The summed E-state index contributed by atoms with van der Waals surface area (Å²) >= 11 is 1.42. The van der Waals surface area contributed by atoms with Crippen LogP contribution in [-0.4, -0.2) is 24.7 Å². The number of amides is 1. The second kappa shape index (κ2) is 7.37. The van der Waals surface area contributed by atoms with E-state index in [1.54, 1.807) is 23.6 Å². The fourth-order valence-corrected chi connectivity index (χ4v) is 3.10. The minimum Gasteiger partial charge on any atom is -0.465 e. The van der Waals surface area contributed by atoms with Gasteiger partial charge in [0.2, 0.25) is 0 Å². The molecule has 0 aliphatic heterocycles. The first kappa shape index (κ1) is 16.4. The summed E-state index contributed by atoms with van der Waals surface area (Å²) in [6, 6.07) is 7.60. The number of thioether (sulfide) groups is 1. The molecule has 0 unspecified atom stereocenters. The van der Waals surface area contributed by atoms with Crippen molar-refractivity contribution >= 4 is 40.7 Å². The van der Waals surface area contributed by atoms with Gasteiger partial charge in [0.15, 0.2) is 0 Å². The molecule has 116 valence electrons. The minimum absolute atomic E-state index is 0.120. The smallest absolute Gasteiger partial charge is 0.350 e. The van der Waals surface area contributed by atoms with E-state index < -0.39 is 17.6 Å². The molecule has 0 spiro atoms. The Kier molecular flexibility index (Phi) is 5.51. The normalized spacial score (nSPS) is 10.5. The quantitative estimate of drug-likeness (QED) is 0.656. The number of carbonyl (C=O) groups is 2. The summed E-state index contributed by atoms with van der Waals surface area (Å²) in [6.45, 7) is 0. The first-order valence-electron chi connectivity index (χ1n) is 6.04. The molecule has 1 aromatic carbocycles. The number of benzene rings is 1. The number of nitrogens with one attached hydrogen (secondary N) is 1. The molecule has 0 aliphatic carbocycles. The van der Waals surface area contributed by atoms with E-state index in [0.29, 0.717) is 17.4 Å². The molecule has 0 atom stereocenters. The van der Waals surface area contributed by atoms with Crippen LogP contribution < -0.4 is 5.32 Å². The first-order valence-corrected chi connectivity index (χ1v) is 7.80. The largest absolute Gasteiger partial charge is 0.465 e. The topological polar surface area (TPSA) is 55.4 Å². The summed E-state index contributed by atoms with van der Waals surface area (Å²) in [4.78, 5) is 24.2. The number of halogens is 2. The summed E-state index contributed by atoms with van der Waals surface area (Å²) in [5.41, 5.74) is 0.411. The highest BCUT2D eigenvalue weighted by Gasteiger charge is 2.19. The molecule has 0 fully saturated rings. The van der Waals surface area contributed by atoms with Crippen LogP contribution in [0.3, 0.4) is 0 Å². The molecule has 2 aromatic rings. The van der Waals surface area contributed by atoms with Crippen molar-refractivity contribution in [2.75, 3.05) is 12.4 Å². The van der Waals surface area contributed by atoms with E-state index in [4.69, 9.17) is 0 Å². The zero-order chi connectivity index (χ0) is 16.1. The van der Waals surface area contributed by atoms with Crippen molar-refractivity contribution in [2.45, 2.75) is 10.7 Å². The molecule has 0 radical (unpaired) electrons. The van der Waals surface area contributed by atoms with Gasteiger partial charge in [-0.1, -0.05) is 23.9 Å². The van der Waals surface area contributed by atoms with Crippen LogP contribution in [-0.2, 0) is 4.74 Å². The summed E-state index contributed by atoms with van der Waals surface area (Å²) < 4.78 is 29.7. The fourth-order valence-electron chi connectivity index (χ4n) is 1.70. The maximum atomic E-state index is 12.5. The average molecular weight is 343 g/mol. The predicted molar refractivity (Wildman–Crippen MR) is 81.9 cm³/mol. The highest BCUT2D eigenvalue weighted by molar-refractivity contribution is 7.99. The van der Waals surface area contributed by atoms with Crippen LogP contribution in [0, 0.1) is 0 Å². The number of alkyl halides is 2. The number of anilines is 1. The lowest BCUT2D eigenvalue weighted by Gasteiger charge is -2.09. The Morgan fingerprint density at radius 3 is 2.68 bits per heavy atom. The Hall–Kier alpha value is -1.93. The Balaban J connectivity index is 2.23. The number of methoxy groups -OCH3 is 1. The lowest BCUT2D eigenvalue weighted by atomic mass is 10.2. The van der Waals surface area contributed by atoms with Gasteiger partial charge in [0, 0.05) is 4.90 Å². The summed E-state index contributed by atoms with van der Waals surface area (Å²) in [6.07, 6.45) is 0. The molecule has 0 aliphatic rings. The number of rotatable bonds is 5. The highest BCUT2D eigenvalue weighted by atomic mass is 32.2. The Morgan fingerprint density at radius 1 is 1.27 bits per heavy atom. The van der Waals surface area contributed by atoms with E-state index in [1.165, 1.54) is 19.2 Å². The first-order chi connectivity index (χ1) is 10.5. The van der Waals surface area contributed by atoms with Gasteiger partial charge in [0.05, 0.1) is 18.4 Å². The molecule has 8 heteroatoms. The standard InChI is InChI=1S/C14H11F2NO3S2/c1-20-13(19)11-9(6-7-21-11)17-12(18)8-4-2-3-5-10(8)22-14(15)16/h2-7,14H,1H3,(H,17,18). The van der Waals surface area contributed by atoms with Crippen LogP contribution in [0.5, 0.6) is 0 Å². The minimum atomic E-state index is -2.62. The monoisotopic (exact) mass is 343 g/mol. The summed E-state index contributed by atoms with van der Waals surface area (Å²) in [5.74, 6) is -3.76. The summed E-state index contributed by atoms with van der Waals surface area (Å²) in [5, 5.41) is 4.17. The third-order valence-corrected chi connectivity index (χ3v) is 4.31. The Labute approximate surface area is 133 Å². The molecule has 2 rings (SSSR count). The molecule has 1 N–H and O–H groups in total. The van der Waals surface area contributed by atoms with Crippen molar-refractivity contribution < 1.29 is 23.1 Å². The van der Waals surface area contributed by atoms with Crippen LogP contribution in [0.4, 0.5) is 14.5 Å². The number of carbonyl (C=O) groups excluding carboxylic acids is 2. The summed E-state index contributed by atoms with van der Waals surface area (Å²) in [7, 11) is 1.24. The predicted octanol–water partition coefficient (Wildman–Crippen LogP) is 4.10. The van der Waals surface area contributed by atoms with Crippen molar-refractivity contribution in [3.05, 3.63) is 46.2 Å². The van der Waals surface area contributed by atoms with Gasteiger partial charge in [-0.2, -0.15) is 8.78 Å². The van der Waals surface area contributed by atoms with Gasteiger partial charge in [-0.05, 0) is 23.6 Å². The zero-order valence-corrected chi connectivity index (χ0v) is 13.0. The zero-order valence-electron chi connectivity index (χ0n) is 11.3. The van der Waals surface area contributed by atoms with Gasteiger partial charge in [0.25, 0.3) is 11.7 Å². The van der Waals surface area contributed by atoms with Crippen molar-refractivity contribution in [1.29, 1.82) is 0 Å². The number of hydrogen-bond donors (Lipinski definition) is 1. The maximum absolute atomic E-state index is 12.5. The van der Waals surface area contributed by atoms with E-state index >= 15 is 0 Å². The molecule has 0 saturated carbocycles. The molecule has 0 bridgehead atoms. The number of hydrogen-bond acceptors (Lipinski definition) is 5. The van der Waals surface area contributed by atoms with Gasteiger partial charge in [-0.15, -0.1) is 11.3 Å². The van der Waals surface area contributed by atoms with Gasteiger partial charge >= 0.3 is 5.97 Å². The van der Waals surface area contributed by atoms with Crippen molar-refractivity contribution in [3.63, 3.8) is 0 Å². The van der Waals surface area contributed by atoms with E-state index in [0.717, 1.165) is 11.3 Å². The molecule has 1 heterocycles. The third kappa shape index (κ3) is 3.83. The number of thiophene rings is 1. The molecule has 4 nitrogen and oxygen atoms in total. The van der Waals surface area contributed by atoms with E-state index in [2.05, 4.69) is 10.1 Å². The second-order valence-electron chi connectivity index (χ2n) is 3.98. The van der Waals surface area contributed by atoms with Gasteiger partial charge in [0.1, 0.15) is 4.88 Å². The molecule has 1 aromatic heterocycles. The average Bonchev–Trinajstić information content (AvgIpc) is 2.94. The van der Waals surface area contributed by atoms with Crippen LogP contribution in [0.1, 0.15) is 20.0 Å². The van der Waals surface area contributed by atoms with Crippen molar-refractivity contribution in [3.8, 4) is 0 Å². The van der Waals surface area contributed by atoms with Crippen LogP contribution >= 0.6 is 23.1 Å². The third-order valence-electron chi connectivity index (χ3n) is 2.63. The van der Waals surface area contributed by atoms with Gasteiger partial charge in [-0.3, -0.25) is 4.79 Å². The van der Waals surface area contributed by atoms with E-state index in [9.17, 15) is 18.4 Å². The fraction of sp³-hybridized carbons (Fsp3) is 0.143. The SMILES string of the molecule is COC(=O)c1sccc1NC(=O)c1ccccc1SC(F)F. The molecule has 1 amide bonds. The van der Waals surface area contributed by atoms with E-state index in [-0.39, 0.29) is 15.3 Å². The molecule has 0 saturated heterocycles. The van der Waals surface area contributed by atoms with Crippen LogP contribution in [0.2, 0.25) is 0 Å². The van der Waals surface area contributed by atoms with Gasteiger partial charge < -0.3 is 10.1 Å². The Bertz CT molecular complexity index is 688. The van der Waals surface area contributed by atoms with E-state index in [1.807, 2.05) is 0 Å². The molecule has 22 heavy (non-hydrogen) atoms. The molecular weight excluding hydrogens is 332 g/mol. The molecular formula is C14H11F2NO3S2. The highest BCUT2D eigenvalue weighted by Crippen LogP contribution is 2.30. The lowest BCUT2D eigenvalue weighted by molar-refractivity contribution is 0.0607. The van der Waals surface area contributed by atoms with Crippen molar-refractivity contribution in [2.24, 2.45) is 0 Å².